The van der Waals surface area contributed by atoms with Crippen LogP contribution in [-0.4, -0.2) is 23.1 Å². The van der Waals surface area contributed by atoms with Crippen LogP contribution in [0.2, 0.25) is 0 Å². The van der Waals surface area contributed by atoms with Crippen molar-refractivity contribution in [2.75, 3.05) is 18.0 Å². The zero-order valence-electron chi connectivity index (χ0n) is 10.1. The van der Waals surface area contributed by atoms with Crippen molar-refractivity contribution >= 4 is 5.82 Å². The van der Waals surface area contributed by atoms with E-state index in [2.05, 4.69) is 34.0 Å². The minimum atomic E-state index is 0.353. The molecule has 2 unspecified atom stereocenters. The van der Waals surface area contributed by atoms with Gasteiger partial charge in [0.05, 0.1) is 5.69 Å². The molecule has 0 aliphatic carbocycles. The Morgan fingerprint density at radius 2 is 1.94 bits per heavy atom. The lowest BCUT2D eigenvalue weighted by molar-refractivity contribution is 0.545. The van der Waals surface area contributed by atoms with Crippen molar-refractivity contribution in [2.45, 2.75) is 39.3 Å². The second-order valence-electron chi connectivity index (χ2n) is 4.84. The van der Waals surface area contributed by atoms with Crippen molar-refractivity contribution in [1.82, 2.24) is 15.3 Å². The molecule has 86 valence electrons. The predicted molar refractivity (Wildman–Crippen MR) is 63.6 cm³/mol. The molecule has 1 fully saturated rings. The van der Waals surface area contributed by atoms with Crippen LogP contribution in [0, 0.1) is 6.92 Å². The maximum Gasteiger partial charge on any atom is 0.137 e. The molecule has 4 nitrogen and oxygen atoms in total. The Hall–Kier alpha value is -1.16. The SMILES string of the molecule is Cc1nc2c(c(N3CCC3)n1)C(C)NC2C. The summed E-state index contributed by atoms with van der Waals surface area (Å²) < 4.78 is 0. The Morgan fingerprint density at radius 3 is 2.56 bits per heavy atom. The molecular formula is C12H18N4. The molecule has 2 atom stereocenters. The van der Waals surface area contributed by atoms with Crippen LogP contribution in [-0.2, 0) is 0 Å². The van der Waals surface area contributed by atoms with E-state index in [4.69, 9.17) is 0 Å². The number of fused-ring (bicyclic) bond motifs is 1. The highest BCUT2D eigenvalue weighted by Crippen LogP contribution is 2.38. The summed E-state index contributed by atoms with van der Waals surface area (Å²) >= 11 is 0. The Labute approximate surface area is 96.1 Å². The van der Waals surface area contributed by atoms with Gasteiger partial charge in [0, 0.05) is 30.7 Å². The maximum absolute atomic E-state index is 4.63. The lowest BCUT2D eigenvalue weighted by Gasteiger charge is -2.34. The van der Waals surface area contributed by atoms with Crippen LogP contribution in [0.4, 0.5) is 5.82 Å². The topological polar surface area (TPSA) is 41.1 Å². The maximum atomic E-state index is 4.63. The molecule has 1 N–H and O–H groups in total. The van der Waals surface area contributed by atoms with Crippen molar-refractivity contribution in [2.24, 2.45) is 0 Å². The fraction of sp³-hybridized carbons (Fsp3) is 0.667. The van der Waals surface area contributed by atoms with Crippen LogP contribution in [0.3, 0.4) is 0 Å². The van der Waals surface area contributed by atoms with Crippen LogP contribution in [0.5, 0.6) is 0 Å². The number of aromatic nitrogens is 2. The number of rotatable bonds is 1. The van der Waals surface area contributed by atoms with E-state index in [0.717, 1.165) is 24.7 Å². The van der Waals surface area contributed by atoms with Gasteiger partial charge in [-0.2, -0.15) is 0 Å². The van der Waals surface area contributed by atoms with Gasteiger partial charge in [-0.1, -0.05) is 0 Å². The van der Waals surface area contributed by atoms with Gasteiger partial charge in [-0.05, 0) is 27.2 Å². The standard InChI is InChI=1S/C12H18N4/c1-7-10-11(8(2)13-7)14-9(3)15-12(10)16-5-4-6-16/h7-8,13H,4-6H2,1-3H3. The lowest BCUT2D eigenvalue weighted by Crippen LogP contribution is -2.38. The predicted octanol–water partition coefficient (Wildman–Crippen LogP) is 1.72. The van der Waals surface area contributed by atoms with Gasteiger partial charge in [0.1, 0.15) is 11.6 Å². The third-order valence-corrected chi connectivity index (χ3v) is 3.57. The number of hydrogen-bond donors (Lipinski definition) is 1. The molecule has 0 spiro atoms. The number of hydrogen-bond acceptors (Lipinski definition) is 4. The van der Waals surface area contributed by atoms with Crippen molar-refractivity contribution in [3.8, 4) is 0 Å². The van der Waals surface area contributed by atoms with E-state index < -0.39 is 0 Å². The molecule has 4 heteroatoms. The molecular weight excluding hydrogens is 200 g/mol. The second kappa shape index (κ2) is 3.42. The summed E-state index contributed by atoms with van der Waals surface area (Å²) in [6.07, 6.45) is 1.29. The summed E-state index contributed by atoms with van der Waals surface area (Å²) in [6, 6.07) is 0.730. The minimum absolute atomic E-state index is 0.353. The first-order valence-corrected chi connectivity index (χ1v) is 6.06. The zero-order valence-corrected chi connectivity index (χ0v) is 10.1. The normalized spacial score (nSPS) is 27.8. The molecule has 1 aromatic heterocycles. The zero-order chi connectivity index (χ0) is 11.3. The molecule has 2 aliphatic rings. The number of aryl methyl sites for hydroxylation is 1. The van der Waals surface area contributed by atoms with Crippen molar-refractivity contribution in [3.05, 3.63) is 17.1 Å². The quantitative estimate of drug-likeness (QED) is 0.779. The summed E-state index contributed by atoms with van der Waals surface area (Å²) in [4.78, 5) is 11.6. The van der Waals surface area contributed by atoms with Crippen LogP contribution >= 0.6 is 0 Å². The van der Waals surface area contributed by atoms with E-state index in [0.29, 0.717) is 12.1 Å². The fourth-order valence-electron chi connectivity index (χ4n) is 2.64. The molecule has 0 saturated carbocycles. The number of nitrogens with one attached hydrogen (secondary N) is 1. The Morgan fingerprint density at radius 1 is 1.19 bits per heavy atom. The molecule has 1 aromatic rings. The van der Waals surface area contributed by atoms with E-state index in [1.165, 1.54) is 17.7 Å². The Bertz CT molecular complexity index is 425. The molecule has 0 aromatic carbocycles. The van der Waals surface area contributed by atoms with Crippen molar-refractivity contribution in [3.63, 3.8) is 0 Å². The molecule has 0 radical (unpaired) electrons. The highest BCUT2D eigenvalue weighted by Gasteiger charge is 2.32. The van der Waals surface area contributed by atoms with Gasteiger partial charge in [-0.15, -0.1) is 0 Å². The molecule has 0 amide bonds. The lowest BCUT2D eigenvalue weighted by atomic mass is 10.1. The fourth-order valence-corrected chi connectivity index (χ4v) is 2.64. The van der Waals surface area contributed by atoms with Gasteiger partial charge in [0.2, 0.25) is 0 Å². The van der Waals surface area contributed by atoms with E-state index in [1.54, 1.807) is 0 Å². The van der Waals surface area contributed by atoms with E-state index in [-0.39, 0.29) is 0 Å². The largest absolute Gasteiger partial charge is 0.356 e. The first kappa shape index (κ1) is 10.0. The van der Waals surface area contributed by atoms with Crippen LogP contribution in [0.25, 0.3) is 0 Å². The van der Waals surface area contributed by atoms with E-state index >= 15 is 0 Å². The summed E-state index contributed by atoms with van der Waals surface area (Å²) in [5.74, 6) is 2.06. The van der Waals surface area contributed by atoms with Gasteiger partial charge in [-0.3, -0.25) is 0 Å². The van der Waals surface area contributed by atoms with Crippen LogP contribution in [0.1, 0.15) is 49.4 Å². The van der Waals surface area contributed by atoms with E-state index in [9.17, 15) is 0 Å². The summed E-state index contributed by atoms with van der Waals surface area (Å²) in [5, 5.41) is 3.52. The van der Waals surface area contributed by atoms with Gasteiger partial charge >= 0.3 is 0 Å². The van der Waals surface area contributed by atoms with Gasteiger partial charge in [-0.25, -0.2) is 9.97 Å². The summed E-state index contributed by atoms with van der Waals surface area (Å²) in [7, 11) is 0. The second-order valence-corrected chi connectivity index (χ2v) is 4.84. The third-order valence-electron chi connectivity index (χ3n) is 3.57. The molecule has 0 bridgehead atoms. The highest BCUT2D eigenvalue weighted by molar-refractivity contribution is 5.54. The van der Waals surface area contributed by atoms with Gasteiger partial charge in [0.15, 0.2) is 0 Å². The first-order chi connectivity index (χ1) is 7.66. The molecule has 16 heavy (non-hydrogen) atoms. The molecule has 1 saturated heterocycles. The van der Waals surface area contributed by atoms with Crippen molar-refractivity contribution in [1.29, 1.82) is 0 Å². The van der Waals surface area contributed by atoms with Gasteiger partial charge in [0.25, 0.3) is 0 Å². The van der Waals surface area contributed by atoms with E-state index in [1.807, 2.05) is 6.92 Å². The molecule has 3 rings (SSSR count). The van der Waals surface area contributed by atoms with Crippen LogP contribution in [0.15, 0.2) is 0 Å². The Kier molecular flexibility index (Phi) is 2.14. The number of anilines is 1. The minimum Gasteiger partial charge on any atom is -0.356 e. The highest BCUT2D eigenvalue weighted by atomic mass is 15.2. The first-order valence-electron chi connectivity index (χ1n) is 6.06. The molecule has 2 aliphatic heterocycles. The summed E-state index contributed by atoms with van der Waals surface area (Å²) in [6.45, 7) is 8.65. The van der Waals surface area contributed by atoms with Gasteiger partial charge < -0.3 is 10.2 Å². The Balaban J connectivity index is 2.13. The third kappa shape index (κ3) is 1.33. The monoisotopic (exact) mass is 218 g/mol. The average molecular weight is 218 g/mol. The molecule has 3 heterocycles. The smallest absolute Gasteiger partial charge is 0.137 e. The summed E-state index contributed by atoms with van der Waals surface area (Å²) in [5.41, 5.74) is 2.51. The van der Waals surface area contributed by atoms with Crippen LogP contribution < -0.4 is 10.2 Å². The van der Waals surface area contributed by atoms with Crippen molar-refractivity contribution < 1.29 is 0 Å². The number of nitrogens with zero attached hydrogens (tertiary/aromatic N) is 3. The average Bonchev–Trinajstić information content (AvgIpc) is 2.39.